The number of carbonyl (C=O) groups is 2. The maximum atomic E-state index is 12.6. The Balaban J connectivity index is 2.23. The summed E-state index contributed by atoms with van der Waals surface area (Å²) in [6.45, 7) is 5.23. The Bertz CT molecular complexity index is 912. The molecule has 0 unspecified atom stereocenters. The van der Waals surface area contributed by atoms with Crippen LogP contribution < -0.4 is 5.32 Å². The quantitative estimate of drug-likeness (QED) is 0.470. The Hall–Kier alpha value is -2.12. The van der Waals surface area contributed by atoms with Crippen molar-refractivity contribution in [2.45, 2.75) is 26.9 Å². The Morgan fingerprint density at radius 1 is 1.18 bits per heavy atom. The number of benzene rings is 1. The van der Waals surface area contributed by atoms with E-state index in [1.54, 1.807) is 19.9 Å². The normalized spacial score (nSPS) is 11.3. The first-order chi connectivity index (χ1) is 13.3. The van der Waals surface area contributed by atoms with Crippen molar-refractivity contribution in [2.24, 2.45) is 0 Å². The van der Waals surface area contributed by atoms with Gasteiger partial charge in [-0.3, -0.25) is 19.1 Å². The molecule has 2 aromatic rings. The summed E-state index contributed by atoms with van der Waals surface area (Å²) in [7, 11) is -3.38. The van der Waals surface area contributed by atoms with Gasteiger partial charge in [-0.25, -0.2) is 4.98 Å². The predicted octanol–water partition coefficient (Wildman–Crippen LogP) is 4.35. The molecular weight excluding hydrogens is 405 g/mol. The van der Waals surface area contributed by atoms with E-state index in [0.717, 1.165) is 0 Å². The van der Waals surface area contributed by atoms with Crippen molar-refractivity contribution in [1.29, 1.82) is 0 Å². The predicted molar refractivity (Wildman–Crippen MR) is 106 cm³/mol. The zero-order valence-corrected chi connectivity index (χ0v) is 17.4. The lowest BCUT2D eigenvalue weighted by Gasteiger charge is -2.16. The molecule has 1 heterocycles. The highest BCUT2D eigenvalue weighted by molar-refractivity contribution is 7.53. The minimum Gasteiger partial charge on any atom is -0.320 e. The van der Waals surface area contributed by atoms with E-state index in [1.165, 1.54) is 31.5 Å². The van der Waals surface area contributed by atoms with Crippen LogP contribution in [0, 0.1) is 0 Å². The topological polar surface area (TPSA) is 107 Å². The van der Waals surface area contributed by atoms with Gasteiger partial charge in [0.25, 0.3) is 5.91 Å². The number of carbonyl (C=O) groups excluding carboxylic acids is 2. The van der Waals surface area contributed by atoms with E-state index in [9.17, 15) is 14.2 Å². The van der Waals surface area contributed by atoms with Crippen LogP contribution in [0.25, 0.3) is 0 Å². The Morgan fingerprint density at radius 2 is 1.86 bits per heavy atom. The number of amides is 1. The first kappa shape index (κ1) is 22.2. The average Bonchev–Trinajstić information content (AvgIpc) is 2.63. The Kier molecular flexibility index (Phi) is 7.83. The molecule has 0 bridgehead atoms. The molecule has 0 spiro atoms. The highest BCUT2D eigenvalue weighted by Crippen LogP contribution is 2.50. The number of hydrogen-bond donors (Lipinski definition) is 1. The first-order valence-electron chi connectivity index (χ1n) is 8.59. The second kappa shape index (κ2) is 9.89. The molecule has 8 nitrogen and oxygen atoms in total. The molecule has 0 aliphatic carbocycles. The molecule has 150 valence electrons. The molecule has 28 heavy (non-hydrogen) atoms. The molecule has 0 fully saturated rings. The van der Waals surface area contributed by atoms with Crippen molar-refractivity contribution in [2.75, 3.05) is 18.5 Å². The molecule has 0 saturated heterocycles. The van der Waals surface area contributed by atoms with Gasteiger partial charge in [-0.2, -0.15) is 0 Å². The summed E-state index contributed by atoms with van der Waals surface area (Å²) < 4.78 is 23.1. The molecule has 2 rings (SSSR count). The Labute approximate surface area is 168 Å². The third kappa shape index (κ3) is 5.94. The van der Waals surface area contributed by atoms with E-state index in [0.29, 0.717) is 16.4 Å². The standard InChI is InChI=1S/C18H21ClN3O5P/c1-4-26-28(25,27-5-2)11-14-9-20-10-17(21-14)18(24)22-16-7-6-13(19)8-15(16)12(3)23/h6-10H,4-5,11H2,1-3H3,(H,22,24). The van der Waals surface area contributed by atoms with Gasteiger partial charge >= 0.3 is 7.60 Å². The summed E-state index contributed by atoms with van der Waals surface area (Å²) in [6, 6.07) is 4.57. The highest BCUT2D eigenvalue weighted by atomic mass is 35.5. The molecule has 1 amide bonds. The Morgan fingerprint density at radius 3 is 2.46 bits per heavy atom. The van der Waals surface area contributed by atoms with Gasteiger partial charge in [0.1, 0.15) is 5.69 Å². The van der Waals surface area contributed by atoms with Crippen LogP contribution in [0.4, 0.5) is 5.69 Å². The second-order valence-corrected chi connectivity index (χ2v) is 8.19. The highest BCUT2D eigenvalue weighted by Gasteiger charge is 2.25. The smallest absolute Gasteiger partial charge is 0.320 e. The van der Waals surface area contributed by atoms with Crippen molar-refractivity contribution >= 4 is 36.6 Å². The van der Waals surface area contributed by atoms with Gasteiger partial charge in [-0.05, 0) is 39.0 Å². The van der Waals surface area contributed by atoms with Crippen LogP contribution in [0.15, 0.2) is 30.6 Å². The zero-order chi connectivity index (χ0) is 20.7. The van der Waals surface area contributed by atoms with E-state index in [-0.39, 0.29) is 36.4 Å². The molecule has 0 aliphatic heterocycles. The lowest BCUT2D eigenvalue weighted by molar-refractivity contribution is 0.101. The summed E-state index contributed by atoms with van der Waals surface area (Å²) in [5, 5.41) is 3.01. The number of Topliss-reactive ketones (excluding diaryl/α,β-unsaturated/α-hetero) is 1. The van der Waals surface area contributed by atoms with Gasteiger partial charge < -0.3 is 14.4 Å². The van der Waals surface area contributed by atoms with Crippen LogP contribution in [0.1, 0.15) is 47.3 Å². The summed E-state index contributed by atoms with van der Waals surface area (Å²) in [5.74, 6) is -0.811. The number of nitrogens with one attached hydrogen (secondary N) is 1. The number of anilines is 1. The fourth-order valence-electron chi connectivity index (χ4n) is 2.42. The summed E-state index contributed by atoms with van der Waals surface area (Å²) in [6.07, 6.45) is 2.56. The molecule has 1 N–H and O–H groups in total. The van der Waals surface area contributed by atoms with Gasteiger partial charge in [0, 0.05) is 16.8 Å². The molecule has 1 aromatic heterocycles. The fraction of sp³-hybridized carbons (Fsp3) is 0.333. The molecule has 1 aromatic carbocycles. The number of ketones is 1. The lowest BCUT2D eigenvalue weighted by atomic mass is 10.1. The minimum atomic E-state index is -3.38. The zero-order valence-electron chi connectivity index (χ0n) is 15.8. The maximum absolute atomic E-state index is 12.6. The third-order valence-electron chi connectivity index (χ3n) is 3.53. The van der Waals surface area contributed by atoms with Gasteiger partial charge in [0.05, 0.1) is 37.0 Å². The summed E-state index contributed by atoms with van der Waals surface area (Å²) in [5.41, 5.74) is 0.882. The van der Waals surface area contributed by atoms with Crippen molar-refractivity contribution in [3.05, 3.63) is 52.6 Å². The van der Waals surface area contributed by atoms with Crippen LogP contribution in [0.5, 0.6) is 0 Å². The number of halogens is 1. The van der Waals surface area contributed by atoms with Crippen LogP contribution in [0.2, 0.25) is 5.02 Å². The van der Waals surface area contributed by atoms with E-state index in [4.69, 9.17) is 20.6 Å². The van der Waals surface area contributed by atoms with Crippen LogP contribution in [0.3, 0.4) is 0 Å². The number of hydrogen-bond acceptors (Lipinski definition) is 7. The molecular formula is C18H21ClN3O5P. The number of rotatable bonds is 9. The van der Waals surface area contributed by atoms with Crippen molar-refractivity contribution in [1.82, 2.24) is 9.97 Å². The van der Waals surface area contributed by atoms with Crippen molar-refractivity contribution < 1.29 is 23.2 Å². The third-order valence-corrected chi connectivity index (χ3v) is 5.78. The summed E-state index contributed by atoms with van der Waals surface area (Å²) in [4.78, 5) is 32.5. The fourth-order valence-corrected chi connectivity index (χ4v) is 4.18. The second-order valence-electron chi connectivity index (χ2n) is 5.70. The van der Waals surface area contributed by atoms with Crippen LogP contribution >= 0.6 is 19.2 Å². The SMILES string of the molecule is CCOP(=O)(Cc1cncc(C(=O)Nc2ccc(Cl)cc2C(C)=O)n1)OCC. The monoisotopic (exact) mass is 425 g/mol. The van der Waals surface area contributed by atoms with Gasteiger partial charge in [0.15, 0.2) is 5.78 Å². The van der Waals surface area contributed by atoms with Gasteiger partial charge in [-0.1, -0.05) is 11.6 Å². The van der Waals surface area contributed by atoms with E-state index in [1.807, 2.05) is 0 Å². The largest absolute Gasteiger partial charge is 0.336 e. The lowest BCUT2D eigenvalue weighted by Crippen LogP contribution is -2.17. The van der Waals surface area contributed by atoms with Gasteiger partial charge in [-0.15, -0.1) is 0 Å². The van der Waals surface area contributed by atoms with E-state index < -0.39 is 13.5 Å². The van der Waals surface area contributed by atoms with Gasteiger partial charge in [0.2, 0.25) is 0 Å². The van der Waals surface area contributed by atoms with E-state index in [2.05, 4.69) is 15.3 Å². The molecule has 10 heteroatoms. The minimum absolute atomic E-state index is 0.00139. The molecule has 0 atom stereocenters. The molecule has 0 radical (unpaired) electrons. The number of aromatic nitrogens is 2. The van der Waals surface area contributed by atoms with E-state index >= 15 is 0 Å². The van der Waals surface area contributed by atoms with Crippen LogP contribution in [-0.4, -0.2) is 34.9 Å². The molecule has 0 aliphatic rings. The van der Waals surface area contributed by atoms with Crippen molar-refractivity contribution in [3.63, 3.8) is 0 Å². The maximum Gasteiger partial charge on any atom is 0.336 e. The molecule has 0 saturated carbocycles. The summed E-state index contributed by atoms with van der Waals surface area (Å²) >= 11 is 5.91. The first-order valence-corrected chi connectivity index (χ1v) is 10.7. The number of nitrogens with zero attached hydrogens (tertiary/aromatic N) is 2. The van der Waals surface area contributed by atoms with Crippen LogP contribution in [-0.2, 0) is 19.8 Å². The average molecular weight is 426 g/mol. The van der Waals surface area contributed by atoms with Crippen molar-refractivity contribution in [3.8, 4) is 0 Å².